The van der Waals surface area contributed by atoms with Gasteiger partial charge in [-0.15, -0.1) is 0 Å². The van der Waals surface area contributed by atoms with E-state index in [4.69, 9.17) is 14.2 Å². The SMILES string of the molecule is COc1ccc2c(c1OC)C=CN=CC=C1CCC(C)CC1O2. The Morgan fingerprint density at radius 1 is 1.22 bits per heavy atom. The number of allylic oxidation sites excluding steroid dienone is 1. The fourth-order valence-corrected chi connectivity index (χ4v) is 3.18. The van der Waals surface area contributed by atoms with E-state index in [9.17, 15) is 0 Å². The van der Waals surface area contributed by atoms with E-state index in [1.807, 2.05) is 24.4 Å². The lowest BCUT2D eigenvalue weighted by atomic mass is 9.84. The number of fused-ring (bicyclic) bond motifs is 2. The van der Waals surface area contributed by atoms with Gasteiger partial charge in [0.15, 0.2) is 11.5 Å². The molecule has 0 amide bonds. The molecule has 23 heavy (non-hydrogen) atoms. The van der Waals surface area contributed by atoms with Crippen LogP contribution in [0.25, 0.3) is 6.08 Å². The van der Waals surface area contributed by atoms with Crippen LogP contribution < -0.4 is 14.2 Å². The first-order valence-corrected chi connectivity index (χ1v) is 8.03. The van der Waals surface area contributed by atoms with Crippen LogP contribution >= 0.6 is 0 Å². The molecule has 0 spiro atoms. The maximum atomic E-state index is 6.37. The molecular formula is C19H23NO3. The van der Waals surface area contributed by atoms with Crippen molar-refractivity contribution in [3.63, 3.8) is 0 Å². The Bertz CT molecular complexity index is 661. The number of hydrogen-bond donors (Lipinski definition) is 0. The predicted molar refractivity (Wildman–Crippen MR) is 92.6 cm³/mol. The lowest BCUT2D eigenvalue weighted by Gasteiger charge is -2.31. The molecule has 0 N–H and O–H groups in total. The standard InChI is InChI=1S/C19H23NO3/c1-13-4-5-14-8-10-20-11-9-15-16(23-18(14)12-13)6-7-17(21-2)19(15)22-3/h6-11,13,18H,4-5,12H2,1-3H3. The van der Waals surface area contributed by atoms with Gasteiger partial charge in [0.1, 0.15) is 11.9 Å². The molecule has 2 aliphatic rings. The second-order valence-corrected chi connectivity index (χ2v) is 6.05. The van der Waals surface area contributed by atoms with Gasteiger partial charge in [0.25, 0.3) is 0 Å². The lowest BCUT2D eigenvalue weighted by molar-refractivity contribution is 0.176. The van der Waals surface area contributed by atoms with Crippen LogP contribution in [-0.2, 0) is 0 Å². The Balaban J connectivity index is 2.06. The minimum Gasteiger partial charge on any atom is -0.493 e. The molecule has 1 fully saturated rings. The van der Waals surface area contributed by atoms with E-state index in [-0.39, 0.29) is 6.10 Å². The van der Waals surface area contributed by atoms with Crippen molar-refractivity contribution >= 4 is 12.3 Å². The zero-order valence-corrected chi connectivity index (χ0v) is 13.9. The average molecular weight is 313 g/mol. The largest absolute Gasteiger partial charge is 0.493 e. The second-order valence-electron chi connectivity index (χ2n) is 6.05. The highest BCUT2D eigenvalue weighted by molar-refractivity contribution is 5.75. The van der Waals surface area contributed by atoms with Crippen molar-refractivity contribution in [1.82, 2.24) is 0 Å². The minimum absolute atomic E-state index is 0.0913. The van der Waals surface area contributed by atoms with E-state index in [2.05, 4.69) is 18.0 Å². The molecule has 1 aliphatic carbocycles. The van der Waals surface area contributed by atoms with Crippen molar-refractivity contribution in [2.24, 2.45) is 10.9 Å². The van der Waals surface area contributed by atoms with Crippen molar-refractivity contribution < 1.29 is 14.2 Å². The van der Waals surface area contributed by atoms with Gasteiger partial charge in [-0.3, -0.25) is 4.99 Å². The van der Waals surface area contributed by atoms with Gasteiger partial charge in [-0.25, -0.2) is 0 Å². The Labute approximate surface area is 137 Å². The van der Waals surface area contributed by atoms with E-state index < -0.39 is 0 Å². The molecular weight excluding hydrogens is 290 g/mol. The maximum absolute atomic E-state index is 6.37. The summed E-state index contributed by atoms with van der Waals surface area (Å²) >= 11 is 0. The Hall–Kier alpha value is -2.23. The lowest BCUT2D eigenvalue weighted by Crippen LogP contribution is -2.27. The summed E-state index contributed by atoms with van der Waals surface area (Å²) < 4.78 is 17.3. The van der Waals surface area contributed by atoms with Crippen LogP contribution in [0.15, 0.2) is 35.0 Å². The summed E-state index contributed by atoms with van der Waals surface area (Å²) in [5.41, 5.74) is 2.17. The molecule has 0 aromatic heterocycles. The summed E-state index contributed by atoms with van der Waals surface area (Å²) in [5.74, 6) is 2.83. The maximum Gasteiger partial charge on any atom is 0.171 e. The van der Waals surface area contributed by atoms with Crippen molar-refractivity contribution in [2.45, 2.75) is 32.3 Å². The van der Waals surface area contributed by atoms with Gasteiger partial charge in [0.05, 0.1) is 19.8 Å². The third kappa shape index (κ3) is 3.26. The molecule has 0 saturated heterocycles. The number of benzene rings is 1. The summed E-state index contributed by atoms with van der Waals surface area (Å²) in [6.07, 6.45) is 11.0. The third-order valence-electron chi connectivity index (χ3n) is 4.47. The molecule has 2 unspecified atom stereocenters. The smallest absolute Gasteiger partial charge is 0.171 e. The van der Waals surface area contributed by atoms with Gasteiger partial charge in [-0.1, -0.05) is 6.92 Å². The molecule has 0 bridgehead atoms. The molecule has 1 aromatic rings. The fourth-order valence-electron chi connectivity index (χ4n) is 3.18. The van der Waals surface area contributed by atoms with E-state index in [0.29, 0.717) is 17.4 Å². The van der Waals surface area contributed by atoms with Crippen molar-refractivity contribution in [3.05, 3.63) is 35.5 Å². The molecule has 1 aromatic carbocycles. The van der Waals surface area contributed by atoms with Crippen LogP contribution in [0.4, 0.5) is 0 Å². The van der Waals surface area contributed by atoms with Crippen LogP contribution in [0, 0.1) is 5.92 Å². The van der Waals surface area contributed by atoms with Crippen molar-refractivity contribution in [2.75, 3.05) is 14.2 Å². The number of nitrogens with zero attached hydrogens (tertiary/aromatic N) is 1. The van der Waals surface area contributed by atoms with Crippen molar-refractivity contribution in [1.29, 1.82) is 0 Å². The summed E-state index contributed by atoms with van der Waals surface area (Å²) in [4.78, 5) is 4.34. The molecule has 122 valence electrons. The number of ether oxygens (including phenoxy) is 3. The van der Waals surface area contributed by atoms with Crippen molar-refractivity contribution in [3.8, 4) is 17.2 Å². The first-order valence-electron chi connectivity index (χ1n) is 8.03. The van der Waals surface area contributed by atoms with Crippen LogP contribution in [0.2, 0.25) is 0 Å². The molecule has 2 atom stereocenters. The topological polar surface area (TPSA) is 40.0 Å². The highest BCUT2D eigenvalue weighted by atomic mass is 16.5. The van der Waals surface area contributed by atoms with Crippen LogP contribution in [0.5, 0.6) is 17.2 Å². The molecule has 3 rings (SSSR count). The summed E-state index contributed by atoms with van der Waals surface area (Å²) in [7, 11) is 3.28. The zero-order valence-electron chi connectivity index (χ0n) is 13.9. The number of rotatable bonds is 2. The molecule has 1 aliphatic heterocycles. The zero-order chi connectivity index (χ0) is 16.2. The van der Waals surface area contributed by atoms with E-state index >= 15 is 0 Å². The Kier molecular flexibility index (Phi) is 4.70. The van der Waals surface area contributed by atoms with Gasteiger partial charge in [0, 0.05) is 12.4 Å². The Morgan fingerprint density at radius 2 is 2.09 bits per heavy atom. The van der Waals surface area contributed by atoms with Gasteiger partial charge in [-0.05, 0) is 55.0 Å². The summed E-state index contributed by atoms with van der Waals surface area (Å²) in [6.45, 7) is 2.28. The number of methoxy groups -OCH3 is 2. The van der Waals surface area contributed by atoms with Crippen LogP contribution in [-0.4, -0.2) is 26.5 Å². The van der Waals surface area contributed by atoms with Gasteiger partial charge < -0.3 is 14.2 Å². The summed E-state index contributed by atoms with van der Waals surface area (Å²) in [5, 5.41) is 0. The monoisotopic (exact) mass is 313 g/mol. The highest BCUT2D eigenvalue weighted by Gasteiger charge is 2.26. The first-order chi connectivity index (χ1) is 11.2. The van der Waals surface area contributed by atoms with Gasteiger partial charge in [0.2, 0.25) is 0 Å². The molecule has 1 heterocycles. The van der Waals surface area contributed by atoms with Crippen LogP contribution in [0.1, 0.15) is 31.7 Å². The number of hydrogen-bond acceptors (Lipinski definition) is 4. The van der Waals surface area contributed by atoms with Gasteiger partial charge in [-0.2, -0.15) is 0 Å². The van der Waals surface area contributed by atoms with E-state index in [1.165, 1.54) is 12.0 Å². The quantitative estimate of drug-likeness (QED) is 0.819. The highest BCUT2D eigenvalue weighted by Crippen LogP contribution is 2.40. The second kappa shape index (κ2) is 6.90. The normalized spacial score (nSPS) is 23.2. The number of aliphatic imine (C=N–C) groups is 1. The van der Waals surface area contributed by atoms with E-state index in [0.717, 1.165) is 24.2 Å². The summed E-state index contributed by atoms with van der Waals surface area (Å²) in [6, 6.07) is 3.83. The van der Waals surface area contributed by atoms with Gasteiger partial charge >= 0.3 is 0 Å². The third-order valence-corrected chi connectivity index (χ3v) is 4.47. The van der Waals surface area contributed by atoms with E-state index in [1.54, 1.807) is 20.4 Å². The predicted octanol–water partition coefficient (Wildman–Crippen LogP) is 4.25. The van der Waals surface area contributed by atoms with Crippen LogP contribution in [0.3, 0.4) is 0 Å². The average Bonchev–Trinajstić information content (AvgIpc) is 2.57. The molecule has 4 heteroatoms. The molecule has 4 nitrogen and oxygen atoms in total. The fraction of sp³-hybridized carbons (Fsp3) is 0.421. The minimum atomic E-state index is 0.0913. The molecule has 0 radical (unpaired) electrons. The molecule has 1 saturated carbocycles. The Morgan fingerprint density at radius 3 is 2.87 bits per heavy atom. The first kappa shape index (κ1) is 15.7.